The summed E-state index contributed by atoms with van der Waals surface area (Å²) in [6.45, 7) is 3.88. The molecule has 7 heteroatoms. The molecule has 0 saturated carbocycles. The summed E-state index contributed by atoms with van der Waals surface area (Å²) < 4.78 is 19.6. The van der Waals surface area contributed by atoms with Crippen LogP contribution in [0.15, 0.2) is 60.3 Å². The Morgan fingerprint density at radius 2 is 2.00 bits per heavy atom. The lowest BCUT2D eigenvalue weighted by atomic mass is 10.1. The molecule has 2 aromatic carbocycles. The lowest BCUT2D eigenvalue weighted by Gasteiger charge is -2.33. The molecule has 154 valence electrons. The smallest absolute Gasteiger partial charge is 0.145 e. The number of morpholine rings is 1. The van der Waals surface area contributed by atoms with Gasteiger partial charge < -0.3 is 15.4 Å². The predicted molar refractivity (Wildman–Crippen MR) is 112 cm³/mol. The van der Waals surface area contributed by atoms with Crippen molar-refractivity contribution in [3.8, 4) is 12.1 Å². The molecule has 0 aromatic heterocycles. The fraction of sp³-hybridized carbons (Fsp3) is 0.304. The average Bonchev–Trinajstić information content (AvgIpc) is 2.78. The van der Waals surface area contributed by atoms with E-state index in [9.17, 15) is 4.39 Å². The molecule has 1 heterocycles. The van der Waals surface area contributed by atoms with Crippen molar-refractivity contribution in [2.24, 2.45) is 0 Å². The fourth-order valence-electron chi connectivity index (χ4n) is 3.31. The Morgan fingerprint density at radius 1 is 1.20 bits per heavy atom. The summed E-state index contributed by atoms with van der Waals surface area (Å²) in [6, 6.07) is 18.5. The minimum Gasteiger partial charge on any atom is -0.387 e. The Hall–Kier alpha value is -3.39. The molecule has 6 nitrogen and oxygen atoms in total. The molecular weight excluding hydrogens is 381 g/mol. The third-order valence-electron chi connectivity index (χ3n) is 4.85. The van der Waals surface area contributed by atoms with Crippen LogP contribution in [0.1, 0.15) is 11.1 Å². The number of rotatable bonds is 8. The van der Waals surface area contributed by atoms with E-state index in [4.69, 9.17) is 15.3 Å². The Morgan fingerprint density at radius 3 is 2.77 bits per heavy atom. The monoisotopic (exact) mass is 405 g/mol. The molecule has 1 atom stereocenters. The predicted octanol–water partition coefficient (Wildman–Crippen LogP) is 3.16. The minimum absolute atomic E-state index is 0.0307. The molecule has 30 heavy (non-hydrogen) atoms. The second kappa shape index (κ2) is 11.0. The van der Waals surface area contributed by atoms with E-state index in [1.807, 2.05) is 48.5 Å². The van der Waals surface area contributed by atoms with Gasteiger partial charge in [-0.1, -0.05) is 36.4 Å². The molecule has 0 radical (unpaired) electrons. The van der Waals surface area contributed by atoms with Gasteiger partial charge in [0.15, 0.2) is 0 Å². The van der Waals surface area contributed by atoms with Crippen LogP contribution in [0, 0.1) is 28.5 Å². The first-order valence-electron chi connectivity index (χ1n) is 9.82. The van der Waals surface area contributed by atoms with Crippen molar-refractivity contribution in [3.05, 3.63) is 77.2 Å². The molecular formula is C23H24FN5O. The van der Waals surface area contributed by atoms with E-state index in [2.05, 4.69) is 15.5 Å². The maximum Gasteiger partial charge on any atom is 0.145 e. The largest absolute Gasteiger partial charge is 0.387 e. The summed E-state index contributed by atoms with van der Waals surface area (Å²) in [4.78, 5) is 2.26. The van der Waals surface area contributed by atoms with Gasteiger partial charge in [-0.25, -0.2) is 4.39 Å². The number of anilines is 1. The Kier molecular flexibility index (Phi) is 7.79. The van der Waals surface area contributed by atoms with Crippen LogP contribution in [-0.2, 0) is 17.8 Å². The highest BCUT2D eigenvalue weighted by Crippen LogP contribution is 2.21. The number of nitriles is 2. The molecule has 0 aliphatic carbocycles. The molecule has 2 aromatic rings. The standard InChI is InChI=1S/C23H24FN5O/c24-21-7-6-20(23(10-21)28-14-18-4-2-1-3-5-18)16-29-8-9-30-22(17-29)15-27-13-19(11-25)12-26/h1-7,10,13,22,27-28H,8-9,14-17H2. The lowest BCUT2D eigenvalue weighted by Crippen LogP contribution is -2.45. The Balaban J connectivity index is 1.59. The summed E-state index contributed by atoms with van der Waals surface area (Å²) >= 11 is 0. The molecule has 1 fully saturated rings. The molecule has 0 bridgehead atoms. The number of benzene rings is 2. The van der Waals surface area contributed by atoms with E-state index in [-0.39, 0.29) is 17.5 Å². The van der Waals surface area contributed by atoms with E-state index >= 15 is 0 Å². The van der Waals surface area contributed by atoms with E-state index in [1.54, 1.807) is 0 Å². The Bertz CT molecular complexity index is 932. The van der Waals surface area contributed by atoms with Crippen LogP contribution in [0.2, 0.25) is 0 Å². The van der Waals surface area contributed by atoms with Crippen molar-refractivity contribution in [1.82, 2.24) is 10.2 Å². The van der Waals surface area contributed by atoms with Gasteiger partial charge in [0.05, 0.1) is 12.7 Å². The highest BCUT2D eigenvalue weighted by Gasteiger charge is 2.21. The number of hydrogen-bond acceptors (Lipinski definition) is 6. The third-order valence-corrected chi connectivity index (χ3v) is 4.85. The molecule has 2 N–H and O–H groups in total. The van der Waals surface area contributed by atoms with Crippen LogP contribution < -0.4 is 10.6 Å². The summed E-state index contributed by atoms with van der Waals surface area (Å²) in [5, 5.41) is 23.9. The van der Waals surface area contributed by atoms with Crippen molar-refractivity contribution in [2.45, 2.75) is 19.2 Å². The van der Waals surface area contributed by atoms with Crippen LogP contribution in [-0.4, -0.2) is 37.2 Å². The van der Waals surface area contributed by atoms with E-state index in [1.165, 1.54) is 18.3 Å². The van der Waals surface area contributed by atoms with Gasteiger partial charge in [0.2, 0.25) is 0 Å². The van der Waals surface area contributed by atoms with Gasteiger partial charge in [0.25, 0.3) is 0 Å². The first-order valence-corrected chi connectivity index (χ1v) is 9.82. The summed E-state index contributed by atoms with van der Waals surface area (Å²) in [5.74, 6) is -0.268. The van der Waals surface area contributed by atoms with Crippen LogP contribution >= 0.6 is 0 Å². The van der Waals surface area contributed by atoms with Crippen molar-refractivity contribution in [3.63, 3.8) is 0 Å². The average molecular weight is 405 g/mol. The zero-order valence-electron chi connectivity index (χ0n) is 16.6. The number of ether oxygens (including phenoxy) is 1. The minimum atomic E-state index is -0.268. The van der Waals surface area contributed by atoms with Crippen molar-refractivity contribution < 1.29 is 9.13 Å². The van der Waals surface area contributed by atoms with E-state index in [0.717, 1.165) is 23.4 Å². The van der Waals surface area contributed by atoms with Gasteiger partial charge in [0.1, 0.15) is 23.5 Å². The van der Waals surface area contributed by atoms with Gasteiger partial charge in [-0.15, -0.1) is 0 Å². The molecule has 3 rings (SSSR count). The maximum absolute atomic E-state index is 13.8. The molecule has 1 aliphatic rings. The molecule has 1 unspecified atom stereocenters. The van der Waals surface area contributed by atoms with Crippen molar-refractivity contribution >= 4 is 5.69 Å². The highest BCUT2D eigenvalue weighted by atomic mass is 19.1. The molecule has 0 amide bonds. The number of nitrogens with one attached hydrogen (secondary N) is 2. The van der Waals surface area contributed by atoms with Crippen LogP contribution in [0.5, 0.6) is 0 Å². The van der Waals surface area contributed by atoms with Gasteiger partial charge >= 0.3 is 0 Å². The van der Waals surface area contributed by atoms with Gasteiger partial charge in [0, 0.05) is 44.6 Å². The zero-order chi connectivity index (χ0) is 21.2. The summed E-state index contributed by atoms with van der Waals surface area (Å²) in [5.41, 5.74) is 2.98. The van der Waals surface area contributed by atoms with Crippen molar-refractivity contribution in [1.29, 1.82) is 10.5 Å². The topological polar surface area (TPSA) is 84.1 Å². The van der Waals surface area contributed by atoms with Crippen LogP contribution in [0.3, 0.4) is 0 Å². The quantitative estimate of drug-likeness (QED) is 0.657. The number of nitrogens with zero attached hydrogens (tertiary/aromatic N) is 3. The highest BCUT2D eigenvalue weighted by molar-refractivity contribution is 5.52. The number of allylic oxidation sites excluding steroid dienone is 1. The van der Waals surface area contributed by atoms with Crippen LogP contribution in [0.25, 0.3) is 0 Å². The lowest BCUT2D eigenvalue weighted by molar-refractivity contribution is -0.0285. The second-order valence-electron chi connectivity index (χ2n) is 7.06. The molecule has 0 spiro atoms. The van der Waals surface area contributed by atoms with Crippen LogP contribution in [0.4, 0.5) is 10.1 Å². The second-order valence-corrected chi connectivity index (χ2v) is 7.06. The first-order chi connectivity index (χ1) is 14.7. The summed E-state index contributed by atoms with van der Waals surface area (Å²) in [6.07, 6.45) is 1.35. The zero-order valence-corrected chi connectivity index (χ0v) is 16.6. The van der Waals surface area contributed by atoms with Gasteiger partial charge in [-0.2, -0.15) is 10.5 Å². The van der Waals surface area contributed by atoms with Gasteiger partial charge in [-0.05, 0) is 23.3 Å². The fourth-order valence-corrected chi connectivity index (χ4v) is 3.31. The summed E-state index contributed by atoms with van der Waals surface area (Å²) in [7, 11) is 0. The normalized spacial score (nSPS) is 16.2. The number of hydrogen-bond donors (Lipinski definition) is 2. The number of halogens is 1. The first kappa shape index (κ1) is 21.3. The third kappa shape index (κ3) is 6.31. The molecule has 1 saturated heterocycles. The Labute approximate surface area is 176 Å². The van der Waals surface area contributed by atoms with Crippen molar-refractivity contribution in [2.75, 3.05) is 31.6 Å². The van der Waals surface area contributed by atoms with E-state index < -0.39 is 0 Å². The maximum atomic E-state index is 13.8. The van der Waals surface area contributed by atoms with Gasteiger partial charge in [-0.3, -0.25) is 4.90 Å². The SMILES string of the molecule is N#CC(C#N)=CNCC1CN(Cc2ccc(F)cc2NCc2ccccc2)CCO1. The molecule has 1 aliphatic heterocycles. The van der Waals surface area contributed by atoms with E-state index in [0.29, 0.717) is 32.8 Å².